The second-order valence-electron chi connectivity index (χ2n) is 4.30. The molecule has 0 bridgehead atoms. The van der Waals surface area contributed by atoms with Crippen LogP contribution in [0.1, 0.15) is 32.8 Å². The zero-order valence-corrected chi connectivity index (χ0v) is 9.12. The smallest absolute Gasteiger partial charge is 0.107 e. The molecule has 0 aliphatic heterocycles. The molecule has 0 spiro atoms. The minimum absolute atomic E-state index is 0.612. The van der Waals surface area contributed by atoms with E-state index in [1.807, 2.05) is 51.1 Å². The molecule has 0 unspecified atom stereocenters. The first-order valence-electron chi connectivity index (χ1n) is 4.98. The SMILES string of the molecule is CC[C@@](O)(c1ccccc1)C(C)(C)N. The Hall–Kier alpha value is -0.860. The molecule has 1 atom stereocenters. The van der Waals surface area contributed by atoms with E-state index in [0.29, 0.717) is 6.42 Å². The maximum Gasteiger partial charge on any atom is 0.107 e. The Morgan fingerprint density at radius 1 is 1.21 bits per heavy atom. The van der Waals surface area contributed by atoms with Crippen molar-refractivity contribution in [2.24, 2.45) is 5.73 Å². The molecule has 0 saturated heterocycles. The van der Waals surface area contributed by atoms with Crippen molar-refractivity contribution in [1.29, 1.82) is 0 Å². The lowest BCUT2D eigenvalue weighted by Crippen LogP contribution is -2.53. The lowest BCUT2D eigenvalue weighted by atomic mass is 9.76. The summed E-state index contributed by atoms with van der Waals surface area (Å²) in [5.41, 5.74) is 5.30. The zero-order valence-electron chi connectivity index (χ0n) is 9.12. The van der Waals surface area contributed by atoms with Crippen molar-refractivity contribution in [1.82, 2.24) is 0 Å². The molecule has 1 rings (SSSR count). The van der Waals surface area contributed by atoms with Gasteiger partial charge in [0.2, 0.25) is 0 Å². The summed E-state index contributed by atoms with van der Waals surface area (Å²) >= 11 is 0. The van der Waals surface area contributed by atoms with Gasteiger partial charge in [0, 0.05) is 5.54 Å². The first kappa shape index (κ1) is 11.2. The predicted molar refractivity (Wildman–Crippen MR) is 58.9 cm³/mol. The number of aliphatic hydroxyl groups is 1. The fourth-order valence-electron chi connectivity index (χ4n) is 1.75. The second-order valence-corrected chi connectivity index (χ2v) is 4.30. The van der Waals surface area contributed by atoms with Gasteiger partial charge in [-0.05, 0) is 25.8 Å². The lowest BCUT2D eigenvalue weighted by Gasteiger charge is -2.39. The predicted octanol–water partition coefficient (Wildman–Crippen LogP) is 2.02. The summed E-state index contributed by atoms with van der Waals surface area (Å²) in [5.74, 6) is 0. The van der Waals surface area contributed by atoms with Gasteiger partial charge < -0.3 is 10.8 Å². The molecule has 1 aromatic rings. The molecule has 14 heavy (non-hydrogen) atoms. The van der Waals surface area contributed by atoms with Crippen LogP contribution < -0.4 is 5.73 Å². The Kier molecular flexibility index (Phi) is 2.98. The highest BCUT2D eigenvalue weighted by Crippen LogP contribution is 2.33. The van der Waals surface area contributed by atoms with Crippen molar-refractivity contribution in [2.45, 2.75) is 38.3 Å². The molecular weight excluding hydrogens is 174 g/mol. The van der Waals surface area contributed by atoms with Crippen molar-refractivity contribution < 1.29 is 5.11 Å². The maximum atomic E-state index is 10.5. The van der Waals surface area contributed by atoms with Crippen LogP contribution in [0.3, 0.4) is 0 Å². The third-order valence-corrected chi connectivity index (χ3v) is 2.83. The summed E-state index contributed by atoms with van der Waals surface area (Å²) in [6.45, 7) is 5.65. The van der Waals surface area contributed by atoms with Gasteiger partial charge in [0.15, 0.2) is 0 Å². The quantitative estimate of drug-likeness (QED) is 0.771. The lowest BCUT2D eigenvalue weighted by molar-refractivity contribution is -0.0305. The second kappa shape index (κ2) is 3.71. The largest absolute Gasteiger partial charge is 0.383 e. The fourth-order valence-corrected chi connectivity index (χ4v) is 1.75. The van der Waals surface area contributed by atoms with Gasteiger partial charge in [-0.2, -0.15) is 0 Å². The van der Waals surface area contributed by atoms with Crippen LogP contribution in [0.15, 0.2) is 30.3 Å². The highest BCUT2D eigenvalue weighted by molar-refractivity contribution is 5.26. The molecule has 2 nitrogen and oxygen atoms in total. The van der Waals surface area contributed by atoms with Crippen LogP contribution in [0.4, 0.5) is 0 Å². The highest BCUT2D eigenvalue weighted by atomic mass is 16.3. The molecule has 0 fully saturated rings. The van der Waals surface area contributed by atoms with Crippen molar-refractivity contribution >= 4 is 0 Å². The number of benzene rings is 1. The molecule has 0 saturated carbocycles. The summed E-state index contributed by atoms with van der Waals surface area (Å²) in [4.78, 5) is 0. The van der Waals surface area contributed by atoms with E-state index in [1.54, 1.807) is 0 Å². The van der Waals surface area contributed by atoms with Gasteiger partial charge in [-0.1, -0.05) is 37.3 Å². The van der Waals surface area contributed by atoms with Crippen molar-refractivity contribution in [3.63, 3.8) is 0 Å². The maximum absolute atomic E-state index is 10.5. The van der Waals surface area contributed by atoms with Gasteiger partial charge in [0.25, 0.3) is 0 Å². The normalized spacial score (nSPS) is 16.4. The molecule has 0 aliphatic carbocycles. The van der Waals surface area contributed by atoms with Crippen LogP contribution in [0, 0.1) is 0 Å². The minimum atomic E-state index is -0.950. The minimum Gasteiger partial charge on any atom is -0.383 e. The average Bonchev–Trinajstić information content (AvgIpc) is 2.16. The number of hydrogen-bond donors (Lipinski definition) is 2. The van der Waals surface area contributed by atoms with E-state index in [0.717, 1.165) is 5.56 Å². The highest BCUT2D eigenvalue weighted by Gasteiger charge is 2.40. The Labute approximate surface area is 85.8 Å². The van der Waals surface area contributed by atoms with E-state index in [-0.39, 0.29) is 0 Å². The van der Waals surface area contributed by atoms with Gasteiger partial charge in [-0.25, -0.2) is 0 Å². The number of rotatable bonds is 3. The van der Waals surface area contributed by atoms with Gasteiger partial charge in [0.1, 0.15) is 5.60 Å². The third-order valence-electron chi connectivity index (χ3n) is 2.83. The topological polar surface area (TPSA) is 46.2 Å². The zero-order chi connectivity index (χ0) is 10.8. The van der Waals surface area contributed by atoms with Gasteiger partial charge in [-0.3, -0.25) is 0 Å². The Bertz CT molecular complexity index is 289. The van der Waals surface area contributed by atoms with Crippen molar-refractivity contribution in [2.75, 3.05) is 0 Å². The molecule has 78 valence electrons. The first-order chi connectivity index (χ1) is 6.42. The van der Waals surface area contributed by atoms with Crippen LogP contribution in [-0.2, 0) is 5.60 Å². The molecule has 1 aromatic carbocycles. The van der Waals surface area contributed by atoms with Crippen molar-refractivity contribution in [3.8, 4) is 0 Å². The Morgan fingerprint density at radius 3 is 2.07 bits per heavy atom. The molecule has 2 heteroatoms. The van der Waals surface area contributed by atoms with E-state index in [4.69, 9.17) is 5.73 Å². The third kappa shape index (κ3) is 1.81. The van der Waals surface area contributed by atoms with E-state index in [2.05, 4.69) is 0 Å². The summed E-state index contributed by atoms with van der Waals surface area (Å²) in [6.07, 6.45) is 0.612. The Morgan fingerprint density at radius 2 is 1.71 bits per heavy atom. The molecule has 0 radical (unpaired) electrons. The molecular formula is C12H19NO. The first-order valence-corrected chi connectivity index (χ1v) is 4.98. The standard InChI is InChI=1S/C12H19NO/c1-4-12(14,11(2,3)13)10-8-6-5-7-9-10/h5-9,14H,4,13H2,1-3H3/t12-/m1/s1. The van der Waals surface area contributed by atoms with Crippen LogP contribution in [0.25, 0.3) is 0 Å². The molecule has 0 heterocycles. The van der Waals surface area contributed by atoms with Crippen LogP contribution >= 0.6 is 0 Å². The summed E-state index contributed by atoms with van der Waals surface area (Å²) < 4.78 is 0. The van der Waals surface area contributed by atoms with E-state index >= 15 is 0 Å². The van der Waals surface area contributed by atoms with E-state index in [1.165, 1.54) is 0 Å². The monoisotopic (exact) mass is 193 g/mol. The number of hydrogen-bond acceptors (Lipinski definition) is 2. The van der Waals surface area contributed by atoms with Gasteiger partial charge >= 0.3 is 0 Å². The fraction of sp³-hybridized carbons (Fsp3) is 0.500. The van der Waals surface area contributed by atoms with E-state index in [9.17, 15) is 5.11 Å². The molecule has 3 N–H and O–H groups in total. The van der Waals surface area contributed by atoms with Crippen LogP contribution in [-0.4, -0.2) is 10.6 Å². The molecule has 0 amide bonds. The average molecular weight is 193 g/mol. The van der Waals surface area contributed by atoms with Gasteiger partial charge in [0.05, 0.1) is 0 Å². The van der Waals surface area contributed by atoms with Gasteiger partial charge in [-0.15, -0.1) is 0 Å². The number of nitrogens with two attached hydrogens (primary N) is 1. The van der Waals surface area contributed by atoms with Crippen LogP contribution in [0.5, 0.6) is 0 Å². The summed E-state index contributed by atoms with van der Waals surface area (Å²) in [5, 5.41) is 10.5. The summed E-state index contributed by atoms with van der Waals surface area (Å²) in [7, 11) is 0. The van der Waals surface area contributed by atoms with Crippen LogP contribution in [0.2, 0.25) is 0 Å². The Balaban J connectivity index is 3.15. The van der Waals surface area contributed by atoms with E-state index < -0.39 is 11.1 Å². The summed E-state index contributed by atoms with van der Waals surface area (Å²) in [6, 6.07) is 9.60. The molecule has 0 aromatic heterocycles. The van der Waals surface area contributed by atoms with Crippen molar-refractivity contribution in [3.05, 3.63) is 35.9 Å². The molecule has 0 aliphatic rings.